The molecule has 0 bridgehead atoms. The van der Waals surface area contributed by atoms with Gasteiger partial charge < -0.3 is 4.90 Å². The summed E-state index contributed by atoms with van der Waals surface area (Å²) in [5.41, 5.74) is 3.57. The van der Waals surface area contributed by atoms with Gasteiger partial charge in [-0.3, -0.25) is 4.79 Å². The molecule has 2 aliphatic rings. The summed E-state index contributed by atoms with van der Waals surface area (Å²) in [7, 11) is -3.62. The van der Waals surface area contributed by atoms with Crippen molar-refractivity contribution in [1.82, 2.24) is 19.0 Å². The van der Waals surface area contributed by atoms with Crippen LogP contribution >= 0.6 is 11.6 Å². The lowest BCUT2D eigenvalue weighted by atomic mass is 10.1. The predicted octanol–water partition coefficient (Wildman–Crippen LogP) is 3.16. The summed E-state index contributed by atoms with van der Waals surface area (Å²) in [5, 5.41) is 5.17. The van der Waals surface area contributed by atoms with Crippen LogP contribution in [0.5, 0.6) is 0 Å². The number of aromatic nitrogens is 2. The molecule has 166 valence electrons. The van der Waals surface area contributed by atoms with Crippen molar-refractivity contribution in [3.8, 4) is 5.69 Å². The Kier molecular flexibility index (Phi) is 5.53. The van der Waals surface area contributed by atoms with Crippen LogP contribution in [0.2, 0.25) is 5.02 Å². The van der Waals surface area contributed by atoms with Crippen molar-refractivity contribution in [1.29, 1.82) is 0 Å². The van der Waals surface area contributed by atoms with E-state index in [1.54, 1.807) is 17.0 Å². The Balaban J connectivity index is 1.34. The Labute approximate surface area is 192 Å². The summed E-state index contributed by atoms with van der Waals surface area (Å²) in [6.07, 6.45) is 2.75. The summed E-state index contributed by atoms with van der Waals surface area (Å²) in [6.45, 7) is 1.16. The fraction of sp³-hybridized carbons (Fsp3) is 0.304. The van der Waals surface area contributed by atoms with Gasteiger partial charge in [-0.15, -0.1) is 0 Å². The van der Waals surface area contributed by atoms with Gasteiger partial charge in [-0.05, 0) is 55.7 Å². The lowest BCUT2D eigenvalue weighted by molar-refractivity contribution is 0.0690. The number of halogens is 1. The Morgan fingerprint density at radius 2 is 1.59 bits per heavy atom. The first-order valence-electron chi connectivity index (χ1n) is 10.7. The number of hydrogen-bond donors (Lipinski definition) is 0. The quantitative estimate of drug-likeness (QED) is 0.587. The van der Waals surface area contributed by atoms with Crippen LogP contribution in [0.1, 0.15) is 28.2 Å². The number of benzene rings is 2. The van der Waals surface area contributed by atoms with E-state index in [4.69, 9.17) is 11.6 Å². The average molecular weight is 471 g/mol. The maximum atomic E-state index is 13.3. The Hall–Kier alpha value is -2.68. The first-order chi connectivity index (χ1) is 15.4. The van der Waals surface area contributed by atoms with Crippen molar-refractivity contribution >= 4 is 27.5 Å². The number of nitrogens with zero attached hydrogens (tertiary/aromatic N) is 4. The van der Waals surface area contributed by atoms with E-state index in [1.165, 1.54) is 16.4 Å². The number of amides is 1. The molecule has 2 heterocycles. The molecular formula is C23H23ClN4O3S. The first-order valence-corrected chi connectivity index (χ1v) is 12.5. The third kappa shape index (κ3) is 3.72. The highest BCUT2D eigenvalue weighted by Gasteiger charge is 2.34. The van der Waals surface area contributed by atoms with Gasteiger partial charge in [0.05, 0.1) is 10.6 Å². The van der Waals surface area contributed by atoms with Crippen molar-refractivity contribution in [2.45, 2.75) is 24.2 Å². The Morgan fingerprint density at radius 3 is 2.28 bits per heavy atom. The maximum absolute atomic E-state index is 13.3. The number of fused-ring (bicyclic) bond motifs is 1. The molecule has 0 unspecified atom stereocenters. The molecule has 7 nitrogen and oxygen atoms in total. The van der Waals surface area contributed by atoms with E-state index < -0.39 is 10.0 Å². The second-order valence-corrected chi connectivity index (χ2v) is 10.4. The van der Waals surface area contributed by atoms with Gasteiger partial charge in [0.1, 0.15) is 0 Å². The van der Waals surface area contributed by atoms with Crippen LogP contribution < -0.4 is 0 Å². The molecule has 3 aromatic rings. The van der Waals surface area contributed by atoms with Gasteiger partial charge in [-0.2, -0.15) is 9.40 Å². The van der Waals surface area contributed by atoms with Gasteiger partial charge >= 0.3 is 0 Å². The van der Waals surface area contributed by atoms with E-state index >= 15 is 0 Å². The standard InChI is InChI=1S/C23H23ClN4O3S/c24-17-9-11-19(12-10-17)32(30,31)27-15-13-26(14-16-27)23(29)22-20-7-4-8-21(20)28(25-22)18-5-2-1-3-6-18/h1-3,5-6,9-12H,4,7-8,13-16H2. The van der Waals surface area contributed by atoms with Gasteiger partial charge in [0.25, 0.3) is 5.91 Å². The third-order valence-corrected chi connectivity index (χ3v) is 8.28. The summed E-state index contributed by atoms with van der Waals surface area (Å²) in [6, 6.07) is 16.0. The van der Waals surface area contributed by atoms with Crippen LogP contribution in [-0.2, 0) is 22.9 Å². The van der Waals surface area contributed by atoms with Crippen molar-refractivity contribution in [2.75, 3.05) is 26.2 Å². The smallest absolute Gasteiger partial charge is 0.274 e. The summed E-state index contributed by atoms with van der Waals surface area (Å²) in [5.74, 6) is -0.124. The molecule has 1 aromatic heterocycles. The summed E-state index contributed by atoms with van der Waals surface area (Å²) < 4.78 is 29.2. The molecule has 5 rings (SSSR count). The molecule has 1 aliphatic carbocycles. The van der Waals surface area contributed by atoms with Crippen LogP contribution in [0, 0.1) is 0 Å². The molecule has 1 aliphatic heterocycles. The van der Waals surface area contributed by atoms with Crippen LogP contribution in [-0.4, -0.2) is 59.5 Å². The molecule has 0 saturated carbocycles. The molecule has 9 heteroatoms. The maximum Gasteiger partial charge on any atom is 0.274 e. The number of hydrogen-bond acceptors (Lipinski definition) is 4. The van der Waals surface area contributed by atoms with E-state index in [1.807, 2.05) is 35.0 Å². The average Bonchev–Trinajstić information content (AvgIpc) is 3.43. The molecule has 0 N–H and O–H groups in total. The molecule has 1 saturated heterocycles. The molecule has 1 amide bonds. The second kappa shape index (κ2) is 8.35. The third-order valence-electron chi connectivity index (χ3n) is 6.11. The zero-order chi connectivity index (χ0) is 22.3. The minimum atomic E-state index is -3.62. The van der Waals surface area contributed by atoms with Crippen molar-refractivity contribution < 1.29 is 13.2 Å². The normalized spacial score (nSPS) is 16.8. The number of carbonyl (C=O) groups is 1. The Bertz CT molecular complexity index is 1250. The van der Waals surface area contributed by atoms with Gasteiger partial charge in [-0.25, -0.2) is 13.1 Å². The van der Waals surface area contributed by atoms with Crippen LogP contribution in [0.4, 0.5) is 0 Å². The zero-order valence-electron chi connectivity index (χ0n) is 17.4. The van der Waals surface area contributed by atoms with Crippen LogP contribution in [0.15, 0.2) is 59.5 Å². The number of para-hydroxylation sites is 1. The fourth-order valence-electron chi connectivity index (χ4n) is 4.43. The van der Waals surface area contributed by atoms with E-state index in [-0.39, 0.29) is 23.9 Å². The van der Waals surface area contributed by atoms with E-state index in [2.05, 4.69) is 5.10 Å². The number of sulfonamides is 1. The molecule has 0 spiro atoms. The highest BCUT2D eigenvalue weighted by Crippen LogP contribution is 2.29. The first kappa shape index (κ1) is 21.2. The summed E-state index contributed by atoms with van der Waals surface area (Å²) >= 11 is 5.88. The van der Waals surface area contributed by atoms with E-state index in [0.29, 0.717) is 23.8 Å². The predicted molar refractivity (Wildman–Crippen MR) is 122 cm³/mol. The van der Waals surface area contributed by atoms with Gasteiger partial charge in [0, 0.05) is 42.5 Å². The van der Waals surface area contributed by atoms with Crippen molar-refractivity contribution in [2.24, 2.45) is 0 Å². The Morgan fingerprint density at radius 1 is 0.906 bits per heavy atom. The topological polar surface area (TPSA) is 75.5 Å². The number of rotatable bonds is 4. The minimum Gasteiger partial charge on any atom is -0.335 e. The number of carbonyl (C=O) groups excluding carboxylic acids is 1. The lowest BCUT2D eigenvalue weighted by Gasteiger charge is -2.33. The highest BCUT2D eigenvalue weighted by atomic mass is 35.5. The molecule has 32 heavy (non-hydrogen) atoms. The largest absolute Gasteiger partial charge is 0.335 e. The molecule has 0 atom stereocenters. The van der Waals surface area contributed by atoms with Crippen LogP contribution in [0.3, 0.4) is 0 Å². The van der Waals surface area contributed by atoms with E-state index in [9.17, 15) is 13.2 Å². The van der Waals surface area contributed by atoms with Crippen LogP contribution in [0.25, 0.3) is 5.69 Å². The molecule has 0 radical (unpaired) electrons. The molecule has 1 fully saturated rings. The molecule has 2 aromatic carbocycles. The highest BCUT2D eigenvalue weighted by molar-refractivity contribution is 7.89. The number of piperazine rings is 1. The SMILES string of the molecule is O=C(c1nn(-c2ccccc2)c2c1CCC2)N1CCN(S(=O)(=O)c2ccc(Cl)cc2)CC1. The van der Waals surface area contributed by atoms with E-state index in [0.717, 1.165) is 36.2 Å². The van der Waals surface area contributed by atoms with Crippen molar-refractivity contribution in [3.63, 3.8) is 0 Å². The van der Waals surface area contributed by atoms with Gasteiger partial charge in [0.15, 0.2) is 5.69 Å². The monoisotopic (exact) mass is 470 g/mol. The zero-order valence-corrected chi connectivity index (χ0v) is 19.0. The minimum absolute atomic E-state index is 0.124. The van der Waals surface area contributed by atoms with Gasteiger partial charge in [-0.1, -0.05) is 29.8 Å². The molecular weight excluding hydrogens is 448 g/mol. The fourth-order valence-corrected chi connectivity index (χ4v) is 5.98. The second-order valence-electron chi connectivity index (χ2n) is 8.02. The van der Waals surface area contributed by atoms with Crippen molar-refractivity contribution in [3.05, 3.63) is 76.6 Å². The lowest BCUT2D eigenvalue weighted by Crippen LogP contribution is -2.50. The summed E-state index contributed by atoms with van der Waals surface area (Å²) in [4.78, 5) is 15.3. The van der Waals surface area contributed by atoms with Gasteiger partial charge in [0.2, 0.25) is 10.0 Å².